The number of carbonyl (C=O) groups excluding carboxylic acids is 1. The molecule has 0 radical (unpaired) electrons. The number of hydrogen-bond acceptors (Lipinski definition) is 5. The largest absolute Gasteiger partial charge is 0.383 e. The van der Waals surface area contributed by atoms with Crippen molar-refractivity contribution in [3.63, 3.8) is 0 Å². The minimum absolute atomic E-state index is 0.169. The van der Waals surface area contributed by atoms with Crippen LogP contribution in [0.15, 0.2) is 12.3 Å². The molecular formula is C12H17N5O2. The standard InChI is InChI=1S/C12H17N5O2/c1-4-16(7-8-19-3)11(18)10-14-15-12-13-9(2)5-6-17(10)12/h5-6H,4,7-8H2,1-3H3. The zero-order valence-corrected chi connectivity index (χ0v) is 11.3. The van der Waals surface area contributed by atoms with E-state index in [1.807, 2.05) is 19.9 Å². The van der Waals surface area contributed by atoms with Crippen molar-refractivity contribution >= 4 is 11.7 Å². The van der Waals surface area contributed by atoms with Crippen molar-refractivity contribution in [3.05, 3.63) is 23.8 Å². The number of methoxy groups -OCH3 is 1. The molecule has 102 valence electrons. The van der Waals surface area contributed by atoms with Crippen molar-refractivity contribution in [2.45, 2.75) is 13.8 Å². The predicted octanol–water partition coefficient (Wildman–Crippen LogP) is 0.541. The molecule has 0 saturated heterocycles. The molecule has 1 amide bonds. The maximum Gasteiger partial charge on any atom is 0.292 e. The summed E-state index contributed by atoms with van der Waals surface area (Å²) in [7, 11) is 1.61. The molecule has 7 nitrogen and oxygen atoms in total. The van der Waals surface area contributed by atoms with Gasteiger partial charge in [-0.2, -0.15) is 0 Å². The van der Waals surface area contributed by atoms with Crippen molar-refractivity contribution in [2.24, 2.45) is 0 Å². The van der Waals surface area contributed by atoms with Crippen LogP contribution in [0.1, 0.15) is 23.2 Å². The zero-order valence-electron chi connectivity index (χ0n) is 11.3. The van der Waals surface area contributed by atoms with Crippen LogP contribution in [0.25, 0.3) is 5.78 Å². The molecule has 0 saturated carbocycles. The van der Waals surface area contributed by atoms with Gasteiger partial charge in [-0.3, -0.25) is 9.20 Å². The number of rotatable bonds is 5. The van der Waals surface area contributed by atoms with E-state index in [2.05, 4.69) is 15.2 Å². The highest BCUT2D eigenvalue weighted by molar-refractivity contribution is 5.91. The van der Waals surface area contributed by atoms with Gasteiger partial charge in [-0.1, -0.05) is 0 Å². The number of fused-ring (bicyclic) bond motifs is 1. The Kier molecular flexibility index (Phi) is 4.06. The third-order valence-corrected chi connectivity index (χ3v) is 2.84. The van der Waals surface area contributed by atoms with Gasteiger partial charge in [-0.25, -0.2) is 4.98 Å². The van der Waals surface area contributed by atoms with E-state index in [1.165, 1.54) is 0 Å². The first-order valence-corrected chi connectivity index (χ1v) is 6.14. The van der Waals surface area contributed by atoms with Crippen molar-refractivity contribution in [1.82, 2.24) is 24.5 Å². The highest BCUT2D eigenvalue weighted by atomic mass is 16.5. The summed E-state index contributed by atoms with van der Waals surface area (Å²) >= 11 is 0. The predicted molar refractivity (Wildman–Crippen MR) is 69.0 cm³/mol. The topological polar surface area (TPSA) is 72.6 Å². The van der Waals surface area contributed by atoms with E-state index in [0.717, 1.165) is 5.69 Å². The summed E-state index contributed by atoms with van der Waals surface area (Å²) in [5.74, 6) is 0.546. The maximum absolute atomic E-state index is 12.4. The van der Waals surface area contributed by atoms with Gasteiger partial charge in [0.05, 0.1) is 6.61 Å². The summed E-state index contributed by atoms with van der Waals surface area (Å²) in [6.07, 6.45) is 1.76. The van der Waals surface area contributed by atoms with Gasteiger partial charge >= 0.3 is 0 Å². The second kappa shape index (κ2) is 5.75. The van der Waals surface area contributed by atoms with E-state index in [-0.39, 0.29) is 11.7 Å². The lowest BCUT2D eigenvalue weighted by Gasteiger charge is -2.19. The van der Waals surface area contributed by atoms with Gasteiger partial charge in [0, 0.05) is 32.1 Å². The van der Waals surface area contributed by atoms with Gasteiger partial charge in [0.25, 0.3) is 11.7 Å². The van der Waals surface area contributed by atoms with Gasteiger partial charge in [0.15, 0.2) is 0 Å². The number of nitrogens with zero attached hydrogens (tertiary/aromatic N) is 5. The third kappa shape index (κ3) is 2.70. The van der Waals surface area contributed by atoms with E-state index in [1.54, 1.807) is 22.6 Å². The first kappa shape index (κ1) is 13.4. The van der Waals surface area contributed by atoms with Crippen molar-refractivity contribution < 1.29 is 9.53 Å². The number of hydrogen-bond donors (Lipinski definition) is 0. The molecular weight excluding hydrogens is 246 g/mol. The van der Waals surface area contributed by atoms with Crippen LogP contribution in [0.2, 0.25) is 0 Å². The quantitative estimate of drug-likeness (QED) is 0.787. The lowest BCUT2D eigenvalue weighted by molar-refractivity contribution is 0.0693. The van der Waals surface area contributed by atoms with Crippen LogP contribution < -0.4 is 0 Å². The van der Waals surface area contributed by atoms with E-state index in [4.69, 9.17) is 4.74 Å². The monoisotopic (exact) mass is 263 g/mol. The van der Waals surface area contributed by atoms with Crippen molar-refractivity contribution in [3.8, 4) is 0 Å². The fourth-order valence-corrected chi connectivity index (χ4v) is 1.77. The Labute approximate surface area is 111 Å². The van der Waals surface area contributed by atoms with Crippen LogP contribution in [0.5, 0.6) is 0 Å². The normalized spacial score (nSPS) is 10.9. The molecule has 2 heterocycles. The number of aromatic nitrogens is 4. The highest BCUT2D eigenvalue weighted by Crippen LogP contribution is 2.06. The molecule has 2 aromatic heterocycles. The molecule has 19 heavy (non-hydrogen) atoms. The van der Waals surface area contributed by atoms with Crippen molar-refractivity contribution in [1.29, 1.82) is 0 Å². The molecule has 2 aromatic rings. The molecule has 0 aliphatic heterocycles. The Morgan fingerprint density at radius 2 is 2.26 bits per heavy atom. The molecule has 0 spiro atoms. The molecule has 0 fully saturated rings. The van der Waals surface area contributed by atoms with Crippen LogP contribution in [-0.2, 0) is 4.74 Å². The molecule has 0 aromatic carbocycles. The average molecular weight is 263 g/mol. The Morgan fingerprint density at radius 1 is 1.47 bits per heavy atom. The lowest BCUT2D eigenvalue weighted by atomic mass is 10.4. The number of carbonyl (C=O) groups is 1. The number of likely N-dealkylation sites (N-methyl/N-ethyl adjacent to an activating group) is 1. The SMILES string of the molecule is CCN(CCOC)C(=O)c1nnc2nc(C)ccn12. The summed E-state index contributed by atoms with van der Waals surface area (Å²) < 4.78 is 6.60. The first-order chi connectivity index (χ1) is 9.17. The van der Waals surface area contributed by atoms with E-state index in [9.17, 15) is 4.79 Å². The molecule has 0 bridgehead atoms. The summed E-state index contributed by atoms with van der Waals surface area (Å²) in [5.41, 5.74) is 0.839. The third-order valence-electron chi connectivity index (χ3n) is 2.84. The van der Waals surface area contributed by atoms with E-state index < -0.39 is 0 Å². The fraction of sp³-hybridized carbons (Fsp3) is 0.500. The zero-order chi connectivity index (χ0) is 13.8. The smallest absolute Gasteiger partial charge is 0.292 e. The molecule has 0 atom stereocenters. The molecule has 0 N–H and O–H groups in total. The molecule has 2 rings (SSSR count). The number of ether oxygens (including phenoxy) is 1. The molecule has 7 heteroatoms. The van der Waals surface area contributed by atoms with Gasteiger partial charge in [-0.05, 0) is 19.9 Å². The summed E-state index contributed by atoms with van der Waals surface area (Å²) in [4.78, 5) is 18.2. The fourth-order valence-electron chi connectivity index (χ4n) is 1.77. The Hall–Kier alpha value is -2.02. The van der Waals surface area contributed by atoms with Gasteiger partial charge < -0.3 is 9.64 Å². The Balaban J connectivity index is 2.30. The summed E-state index contributed by atoms with van der Waals surface area (Å²) in [6, 6.07) is 1.82. The molecule has 0 unspecified atom stereocenters. The molecule has 0 aliphatic rings. The van der Waals surface area contributed by atoms with E-state index >= 15 is 0 Å². The maximum atomic E-state index is 12.4. The summed E-state index contributed by atoms with van der Waals surface area (Å²) in [6.45, 7) is 5.40. The van der Waals surface area contributed by atoms with Crippen LogP contribution in [0.4, 0.5) is 0 Å². The van der Waals surface area contributed by atoms with Crippen LogP contribution >= 0.6 is 0 Å². The lowest BCUT2D eigenvalue weighted by Crippen LogP contribution is -2.34. The van der Waals surface area contributed by atoms with Gasteiger partial charge in [0.1, 0.15) is 0 Å². The van der Waals surface area contributed by atoms with E-state index in [0.29, 0.717) is 25.5 Å². The number of amides is 1. The van der Waals surface area contributed by atoms with Crippen LogP contribution in [-0.4, -0.2) is 57.2 Å². The highest BCUT2D eigenvalue weighted by Gasteiger charge is 2.20. The summed E-state index contributed by atoms with van der Waals surface area (Å²) in [5, 5.41) is 7.85. The number of aryl methyl sites for hydroxylation is 1. The first-order valence-electron chi connectivity index (χ1n) is 6.14. The minimum Gasteiger partial charge on any atom is -0.383 e. The Morgan fingerprint density at radius 3 is 2.95 bits per heavy atom. The Bertz CT molecular complexity index is 581. The molecule has 0 aliphatic carbocycles. The van der Waals surface area contributed by atoms with Crippen LogP contribution in [0.3, 0.4) is 0 Å². The van der Waals surface area contributed by atoms with Gasteiger partial charge in [-0.15, -0.1) is 10.2 Å². The van der Waals surface area contributed by atoms with Crippen LogP contribution in [0, 0.1) is 6.92 Å². The van der Waals surface area contributed by atoms with Crippen molar-refractivity contribution in [2.75, 3.05) is 26.8 Å². The van der Waals surface area contributed by atoms with Gasteiger partial charge in [0.2, 0.25) is 5.82 Å². The second-order valence-electron chi connectivity index (χ2n) is 4.14. The minimum atomic E-state index is -0.169. The second-order valence-corrected chi connectivity index (χ2v) is 4.14. The average Bonchev–Trinajstić information content (AvgIpc) is 2.82.